The van der Waals surface area contributed by atoms with Crippen LogP contribution < -0.4 is 0 Å². The lowest BCUT2D eigenvalue weighted by atomic mass is 10.2. The van der Waals surface area contributed by atoms with E-state index in [1.54, 1.807) is 62.4 Å². The third-order valence-corrected chi connectivity index (χ3v) is 2.95. The summed E-state index contributed by atoms with van der Waals surface area (Å²) in [4.78, 5) is 23.7. The summed E-state index contributed by atoms with van der Waals surface area (Å²) in [5.74, 6) is -1.00. The standard InChI is InChI=1S/C18H18O5/c1-13(22-17(19)15-9-5-3-6-10-15)21-14(2)23-18(20)16-11-7-4-8-12-16/h3-14H,1-2H3/t13-,14-/m0/s1. The molecule has 0 N–H and O–H groups in total. The smallest absolute Gasteiger partial charge is 0.340 e. The zero-order chi connectivity index (χ0) is 16.7. The molecule has 0 aliphatic rings. The second kappa shape index (κ2) is 8.10. The summed E-state index contributed by atoms with van der Waals surface area (Å²) in [7, 11) is 0. The molecule has 2 rings (SSSR count). The maximum Gasteiger partial charge on any atom is 0.340 e. The Morgan fingerprint density at radius 1 is 0.696 bits per heavy atom. The van der Waals surface area contributed by atoms with Crippen LogP contribution in [0.3, 0.4) is 0 Å². The highest BCUT2D eigenvalue weighted by molar-refractivity contribution is 5.89. The van der Waals surface area contributed by atoms with Crippen LogP contribution in [0.5, 0.6) is 0 Å². The molecular formula is C18H18O5. The lowest BCUT2D eigenvalue weighted by Gasteiger charge is -2.19. The third-order valence-electron chi connectivity index (χ3n) is 2.95. The van der Waals surface area contributed by atoms with Crippen molar-refractivity contribution in [2.75, 3.05) is 0 Å². The molecule has 0 aliphatic heterocycles. The van der Waals surface area contributed by atoms with Gasteiger partial charge in [-0.05, 0) is 38.1 Å². The fraction of sp³-hybridized carbons (Fsp3) is 0.222. The van der Waals surface area contributed by atoms with Gasteiger partial charge in [0.1, 0.15) is 0 Å². The minimum atomic E-state index is -0.846. The highest BCUT2D eigenvalue weighted by atomic mass is 16.8. The highest BCUT2D eigenvalue weighted by Gasteiger charge is 2.18. The number of hydrogen-bond donors (Lipinski definition) is 0. The molecule has 120 valence electrons. The first-order chi connectivity index (χ1) is 11.1. The minimum absolute atomic E-state index is 0.428. The van der Waals surface area contributed by atoms with Crippen LogP contribution in [0.2, 0.25) is 0 Å². The summed E-state index contributed by atoms with van der Waals surface area (Å²) in [5.41, 5.74) is 0.855. The van der Waals surface area contributed by atoms with Crippen LogP contribution in [0, 0.1) is 0 Å². The van der Waals surface area contributed by atoms with Crippen molar-refractivity contribution in [3.8, 4) is 0 Å². The van der Waals surface area contributed by atoms with Crippen molar-refractivity contribution in [3.05, 3.63) is 71.8 Å². The van der Waals surface area contributed by atoms with Crippen molar-refractivity contribution < 1.29 is 23.8 Å². The molecule has 0 heterocycles. The van der Waals surface area contributed by atoms with Crippen LogP contribution in [0.25, 0.3) is 0 Å². The van der Waals surface area contributed by atoms with E-state index in [0.717, 1.165) is 0 Å². The number of rotatable bonds is 6. The van der Waals surface area contributed by atoms with Crippen molar-refractivity contribution >= 4 is 11.9 Å². The van der Waals surface area contributed by atoms with Gasteiger partial charge < -0.3 is 14.2 Å². The first-order valence-corrected chi connectivity index (χ1v) is 7.24. The van der Waals surface area contributed by atoms with Gasteiger partial charge in [-0.3, -0.25) is 0 Å². The molecule has 0 saturated heterocycles. The van der Waals surface area contributed by atoms with Crippen molar-refractivity contribution in [3.63, 3.8) is 0 Å². The van der Waals surface area contributed by atoms with Crippen LogP contribution in [-0.2, 0) is 14.2 Å². The topological polar surface area (TPSA) is 61.8 Å². The largest absolute Gasteiger partial charge is 0.432 e. The zero-order valence-electron chi connectivity index (χ0n) is 13.0. The molecule has 0 amide bonds. The predicted octanol–water partition coefficient (Wildman–Crippen LogP) is 3.41. The summed E-state index contributed by atoms with van der Waals surface area (Å²) in [6, 6.07) is 17.2. The van der Waals surface area contributed by atoms with E-state index >= 15 is 0 Å². The lowest BCUT2D eigenvalue weighted by Crippen LogP contribution is -2.26. The Morgan fingerprint density at radius 3 is 1.39 bits per heavy atom. The summed E-state index contributed by atoms with van der Waals surface area (Å²) in [6.45, 7) is 3.13. The van der Waals surface area contributed by atoms with E-state index in [4.69, 9.17) is 14.2 Å². The quantitative estimate of drug-likeness (QED) is 0.604. The normalized spacial score (nSPS) is 13.0. The molecule has 0 aliphatic carbocycles. The molecule has 0 radical (unpaired) electrons. The van der Waals surface area contributed by atoms with Gasteiger partial charge in [0.25, 0.3) is 0 Å². The molecule has 23 heavy (non-hydrogen) atoms. The molecule has 2 aromatic carbocycles. The molecule has 0 bridgehead atoms. The number of hydrogen-bond acceptors (Lipinski definition) is 5. The van der Waals surface area contributed by atoms with E-state index < -0.39 is 24.5 Å². The lowest BCUT2D eigenvalue weighted by molar-refractivity contribution is -0.192. The molecule has 5 heteroatoms. The van der Waals surface area contributed by atoms with Crippen molar-refractivity contribution in [1.82, 2.24) is 0 Å². The van der Waals surface area contributed by atoms with E-state index in [1.165, 1.54) is 0 Å². The van der Waals surface area contributed by atoms with E-state index in [2.05, 4.69) is 0 Å². The number of benzene rings is 2. The average molecular weight is 314 g/mol. The van der Waals surface area contributed by atoms with E-state index in [9.17, 15) is 9.59 Å². The van der Waals surface area contributed by atoms with Crippen LogP contribution >= 0.6 is 0 Å². The van der Waals surface area contributed by atoms with Gasteiger partial charge in [0, 0.05) is 0 Å². The van der Waals surface area contributed by atoms with Gasteiger partial charge in [0.2, 0.25) is 12.6 Å². The molecule has 2 atom stereocenters. The Hall–Kier alpha value is -2.66. The maximum absolute atomic E-state index is 11.9. The third kappa shape index (κ3) is 5.23. The van der Waals surface area contributed by atoms with Gasteiger partial charge in [-0.15, -0.1) is 0 Å². The van der Waals surface area contributed by atoms with Gasteiger partial charge in [-0.1, -0.05) is 36.4 Å². The molecule has 0 spiro atoms. The minimum Gasteiger partial charge on any atom is -0.432 e. The van der Waals surface area contributed by atoms with E-state index in [1.807, 2.05) is 12.1 Å². The predicted molar refractivity (Wildman–Crippen MR) is 83.7 cm³/mol. The molecule has 0 saturated carbocycles. The van der Waals surface area contributed by atoms with Gasteiger partial charge in [0.15, 0.2) is 0 Å². The Balaban J connectivity index is 1.82. The van der Waals surface area contributed by atoms with E-state index in [-0.39, 0.29) is 0 Å². The summed E-state index contributed by atoms with van der Waals surface area (Å²) < 4.78 is 15.6. The number of ether oxygens (including phenoxy) is 3. The second-order valence-corrected chi connectivity index (χ2v) is 4.81. The van der Waals surface area contributed by atoms with Crippen LogP contribution in [0.15, 0.2) is 60.7 Å². The first-order valence-electron chi connectivity index (χ1n) is 7.24. The van der Waals surface area contributed by atoms with Gasteiger partial charge in [-0.25, -0.2) is 9.59 Å². The molecular weight excluding hydrogens is 296 g/mol. The monoisotopic (exact) mass is 314 g/mol. The number of esters is 2. The first kappa shape index (κ1) is 16.7. The van der Waals surface area contributed by atoms with Gasteiger partial charge >= 0.3 is 11.9 Å². The van der Waals surface area contributed by atoms with Crippen LogP contribution in [-0.4, -0.2) is 24.5 Å². The van der Waals surface area contributed by atoms with Crippen molar-refractivity contribution in [2.24, 2.45) is 0 Å². The Bertz CT molecular complexity index is 581. The molecule has 0 fully saturated rings. The zero-order valence-corrected chi connectivity index (χ0v) is 13.0. The SMILES string of the molecule is C[C@H](OC(=O)c1ccccc1)O[C@H](C)OC(=O)c1ccccc1. The fourth-order valence-corrected chi connectivity index (χ4v) is 1.91. The number of carbonyl (C=O) groups excluding carboxylic acids is 2. The van der Waals surface area contributed by atoms with Crippen LogP contribution in [0.1, 0.15) is 34.6 Å². The molecule has 2 aromatic rings. The van der Waals surface area contributed by atoms with Gasteiger partial charge in [-0.2, -0.15) is 0 Å². The average Bonchev–Trinajstić information content (AvgIpc) is 2.56. The van der Waals surface area contributed by atoms with Crippen molar-refractivity contribution in [2.45, 2.75) is 26.4 Å². The Morgan fingerprint density at radius 2 is 1.04 bits per heavy atom. The van der Waals surface area contributed by atoms with Crippen molar-refractivity contribution in [1.29, 1.82) is 0 Å². The highest BCUT2D eigenvalue weighted by Crippen LogP contribution is 2.09. The molecule has 0 aromatic heterocycles. The van der Waals surface area contributed by atoms with Crippen LogP contribution in [0.4, 0.5) is 0 Å². The Labute approximate surface area is 134 Å². The Kier molecular flexibility index (Phi) is 5.88. The summed E-state index contributed by atoms with van der Waals surface area (Å²) >= 11 is 0. The number of carbonyl (C=O) groups is 2. The molecule has 5 nitrogen and oxygen atoms in total. The molecule has 0 unspecified atom stereocenters. The van der Waals surface area contributed by atoms with Gasteiger partial charge in [0.05, 0.1) is 11.1 Å². The maximum atomic E-state index is 11.9. The summed E-state index contributed by atoms with van der Waals surface area (Å²) in [6.07, 6.45) is -1.69. The fourth-order valence-electron chi connectivity index (χ4n) is 1.91. The summed E-state index contributed by atoms with van der Waals surface area (Å²) in [5, 5.41) is 0. The van der Waals surface area contributed by atoms with E-state index in [0.29, 0.717) is 11.1 Å². The second-order valence-electron chi connectivity index (χ2n) is 4.81.